The minimum Gasteiger partial charge on any atom is -0.350 e. The van der Waals surface area contributed by atoms with E-state index in [9.17, 15) is 19.7 Å². The zero-order chi connectivity index (χ0) is 22.5. The molecule has 3 aromatic rings. The normalized spacial score (nSPS) is 10.7. The standard InChI is InChI=1S/C18H18BrN7O5/c1-10-15(19)11(2)25(23-10)9-14-22-18(31-24-14)17(28)21-8-7-20-16(27)12-3-5-13(6-4-12)26(29)30/h3-6H,7-9H2,1-2H3,(H,20,27)(H,21,28). The molecule has 31 heavy (non-hydrogen) atoms. The molecule has 2 N–H and O–H groups in total. The van der Waals surface area contributed by atoms with Crippen molar-refractivity contribution in [1.29, 1.82) is 0 Å². The van der Waals surface area contributed by atoms with Crippen molar-refractivity contribution in [3.63, 3.8) is 0 Å². The third-order valence-corrected chi connectivity index (χ3v) is 5.43. The van der Waals surface area contributed by atoms with Crippen LogP contribution >= 0.6 is 15.9 Å². The second-order valence-corrected chi connectivity index (χ2v) is 7.27. The Bertz CT molecular complexity index is 1120. The minimum atomic E-state index is -0.571. The Balaban J connectivity index is 1.46. The Morgan fingerprint density at radius 1 is 1.16 bits per heavy atom. The molecule has 0 fully saturated rings. The molecule has 2 amide bonds. The molecule has 0 spiro atoms. The van der Waals surface area contributed by atoms with Gasteiger partial charge < -0.3 is 15.2 Å². The summed E-state index contributed by atoms with van der Waals surface area (Å²) >= 11 is 3.44. The van der Waals surface area contributed by atoms with Crippen LogP contribution in [-0.2, 0) is 6.54 Å². The zero-order valence-electron chi connectivity index (χ0n) is 16.6. The molecule has 0 aliphatic rings. The van der Waals surface area contributed by atoms with E-state index in [0.717, 1.165) is 15.9 Å². The topological polar surface area (TPSA) is 158 Å². The summed E-state index contributed by atoms with van der Waals surface area (Å²) in [5, 5.41) is 23.9. The number of nitrogens with one attached hydrogen (secondary N) is 2. The van der Waals surface area contributed by atoms with Crippen LogP contribution in [0.3, 0.4) is 0 Å². The summed E-state index contributed by atoms with van der Waals surface area (Å²) in [5.41, 5.74) is 1.90. The van der Waals surface area contributed by atoms with Crippen molar-refractivity contribution in [2.24, 2.45) is 0 Å². The fourth-order valence-electron chi connectivity index (χ4n) is 2.64. The van der Waals surface area contributed by atoms with Gasteiger partial charge in [-0.1, -0.05) is 5.16 Å². The number of rotatable bonds is 8. The van der Waals surface area contributed by atoms with Gasteiger partial charge in [0.2, 0.25) is 0 Å². The summed E-state index contributed by atoms with van der Waals surface area (Å²) in [7, 11) is 0. The monoisotopic (exact) mass is 491 g/mol. The number of non-ortho nitro benzene ring substituents is 1. The fourth-order valence-corrected chi connectivity index (χ4v) is 2.92. The lowest BCUT2D eigenvalue weighted by molar-refractivity contribution is -0.384. The molecule has 13 heteroatoms. The Hall–Kier alpha value is -3.61. The number of hydrogen-bond donors (Lipinski definition) is 2. The van der Waals surface area contributed by atoms with Crippen molar-refractivity contribution in [3.05, 3.63) is 67.5 Å². The number of amides is 2. The van der Waals surface area contributed by atoms with Gasteiger partial charge >= 0.3 is 11.8 Å². The van der Waals surface area contributed by atoms with Crippen LogP contribution in [0.4, 0.5) is 5.69 Å². The summed E-state index contributed by atoms with van der Waals surface area (Å²) in [6.07, 6.45) is 0. The summed E-state index contributed by atoms with van der Waals surface area (Å²) in [6, 6.07) is 5.20. The molecule has 0 unspecified atom stereocenters. The fraction of sp³-hybridized carbons (Fsp3) is 0.278. The van der Waals surface area contributed by atoms with Crippen LogP contribution in [0.2, 0.25) is 0 Å². The smallest absolute Gasteiger partial charge is 0.316 e. The zero-order valence-corrected chi connectivity index (χ0v) is 18.2. The molecule has 1 aromatic carbocycles. The molecule has 0 aliphatic heterocycles. The van der Waals surface area contributed by atoms with E-state index in [2.05, 4.69) is 41.8 Å². The highest BCUT2D eigenvalue weighted by Gasteiger charge is 2.17. The van der Waals surface area contributed by atoms with Crippen molar-refractivity contribution in [2.45, 2.75) is 20.4 Å². The number of aromatic nitrogens is 4. The third kappa shape index (κ3) is 5.31. The lowest BCUT2D eigenvalue weighted by Gasteiger charge is -2.05. The van der Waals surface area contributed by atoms with E-state index in [1.807, 2.05) is 13.8 Å². The van der Waals surface area contributed by atoms with Crippen LogP contribution in [0.25, 0.3) is 0 Å². The number of nitrogens with zero attached hydrogens (tertiary/aromatic N) is 5. The molecule has 0 atom stereocenters. The van der Waals surface area contributed by atoms with E-state index in [1.54, 1.807) is 4.68 Å². The Labute approximate surface area is 184 Å². The van der Waals surface area contributed by atoms with Gasteiger partial charge in [-0.15, -0.1) is 0 Å². The van der Waals surface area contributed by atoms with Gasteiger partial charge in [-0.25, -0.2) is 0 Å². The molecule has 0 saturated heterocycles. The molecule has 12 nitrogen and oxygen atoms in total. The van der Waals surface area contributed by atoms with Gasteiger partial charge in [0.25, 0.3) is 11.6 Å². The predicted molar refractivity (Wildman–Crippen MR) is 111 cm³/mol. The molecular formula is C18H18BrN7O5. The second kappa shape index (κ2) is 9.47. The molecule has 0 radical (unpaired) electrons. The van der Waals surface area contributed by atoms with Crippen LogP contribution in [-0.4, -0.2) is 49.7 Å². The lowest BCUT2D eigenvalue weighted by Crippen LogP contribution is -2.34. The number of halogens is 1. The third-order valence-electron chi connectivity index (χ3n) is 4.28. The highest BCUT2D eigenvalue weighted by atomic mass is 79.9. The SMILES string of the molecule is Cc1nn(Cc2noc(C(=O)NCCNC(=O)c3ccc([N+](=O)[O-])cc3)n2)c(C)c1Br. The first kappa shape index (κ1) is 22.1. The van der Waals surface area contributed by atoms with Gasteiger partial charge in [0, 0.05) is 30.8 Å². The van der Waals surface area contributed by atoms with E-state index >= 15 is 0 Å². The van der Waals surface area contributed by atoms with E-state index in [4.69, 9.17) is 4.52 Å². The number of carbonyl (C=O) groups excluding carboxylic acids is 2. The van der Waals surface area contributed by atoms with Gasteiger partial charge in [-0.2, -0.15) is 10.1 Å². The van der Waals surface area contributed by atoms with Crippen molar-refractivity contribution >= 4 is 33.4 Å². The predicted octanol–water partition coefficient (Wildman–Crippen LogP) is 1.76. The van der Waals surface area contributed by atoms with Crippen molar-refractivity contribution < 1.29 is 19.0 Å². The quantitative estimate of drug-likeness (QED) is 0.274. The number of aryl methyl sites for hydroxylation is 1. The van der Waals surface area contributed by atoms with Crippen molar-refractivity contribution in [2.75, 3.05) is 13.1 Å². The maximum atomic E-state index is 12.1. The average Bonchev–Trinajstić information content (AvgIpc) is 3.32. The molecule has 162 valence electrons. The first-order valence-electron chi connectivity index (χ1n) is 9.09. The average molecular weight is 492 g/mol. The van der Waals surface area contributed by atoms with Crippen LogP contribution in [0, 0.1) is 24.0 Å². The summed E-state index contributed by atoms with van der Waals surface area (Å²) in [6.45, 7) is 4.27. The highest BCUT2D eigenvalue weighted by molar-refractivity contribution is 9.10. The molecule has 0 bridgehead atoms. The summed E-state index contributed by atoms with van der Waals surface area (Å²) in [4.78, 5) is 38.3. The van der Waals surface area contributed by atoms with Gasteiger partial charge in [0.05, 0.1) is 20.8 Å². The van der Waals surface area contributed by atoms with Gasteiger partial charge in [0.15, 0.2) is 5.82 Å². The molecule has 0 saturated carbocycles. The molecule has 3 rings (SSSR count). The Kier molecular flexibility index (Phi) is 6.74. The maximum Gasteiger partial charge on any atom is 0.316 e. The number of benzene rings is 1. The summed E-state index contributed by atoms with van der Waals surface area (Å²) < 4.78 is 7.57. The van der Waals surface area contributed by atoms with Crippen LogP contribution in [0.15, 0.2) is 33.3 Å². The maximum absolute atomic E-state index is 12.1. The van der Waals surface area contributed by atoms with E-state index < -0.39 is 16.7 Å². The first-order chi connectivity index (χ1) is 14.8. The largest absolute Gasteiger partial charge is 0.350 e. The van der Waals surface area contributed by atoms with Gasteiger partial charge in [-0.05, 0) is 41.9 Å². The Morgan fingerprint density at radius 2 is 1.81 bits per heavy atom. The lowest BCUT2D eigenvalue weighted by atomic mass is 10.2. The number of hydrogen-bond acceptors (Lipinski definition) is 8. The minimum absolute atomic E-state index is 0.103. The number of carbonyl (C=O) groups is 2. The van der Waals surface area contributed by atoms with Crippen molar-refractivity contribution in [1.82, 2.24) is 30.6 Å². The van der Waals surface area contributed by atoms with E-state index in [1.165, 1.54) is 24.3 Å². The molecule has 2 aromatic heterocycles. The van der Waals surface area contributed by atoms with Crippen molar-refractivity contribution in [3.8, 4) is 0 Å². The van der Waals surface area contributed by atoms with Gasteiger partial charge in [-0.3, -0.25) is 24.4 Å². The number of nitro benzene ring substituents is 1. The van der Waals surface area contributed by atoms with Crippen LogP contribution < -0.4 is 10.6 Å². The first-order valence-corrected chi connectivity index (χ1v) is 9.88. The second-order valence-electron chi connectivity index (χ2n) is 6.47. The van der Waals surface area contributed by atoms with E-state index in [-0.39, 0.29) is 36.8 Å². The summed E-state index contributed by atoms with van der Waals surface area (Å²) in [5.74, 6) is -0.884. The molecule has 0 aliphatic carbocycles. The van der Waals surface area contributed by atoms with Crippen LogP contribution in [0.5, 0.6) is 0 Å². The molecule has 2 heterocycles. The molecular weight excluding hydrogens is 474 g/mol. The highest BCUT2D eigenvalue weighted by Crippen LogP contribution is 2.20. The Morgan fingerprint density at radius 3 is 2.39 bits per heavy atom. The number of nitro groups is 1. The van der Waals surface area contributed by atoms with Crippen LogP contribution in [0.1, 0.15) is 38.3 Å². The van der Waals surface area contributed by atoms with Gasteiger partial charge in [0.1, 0.15) is 6.54 Å². The van der Waals surface area contributed by atoms with E-state index in [0.29, 0.717) is 5.82 Å².